The Morgan fingerprint density at radius 1 is 1.31 bits per heavy atom. The van der Waals surface area contributed by atoms with Crippen molar-refractivity contribution in [1.82, 2.24) is 4.31 Å². The molecule has 0 aromatic rings. The average molecular weight is 248 g/mol. The molecular formula is C11H24N2O2S. The Hall–Kier alpha value is -0.130. The third kappa shape index (κ3) is 3.18. The van der Waals surface area contributed by atoms with Crippen LogP contribution >= 0.6 is 0 Å². The molecule has 2 N–H and O–H groups in total. The van der Waals surface area contributed by atoms with Crippen LogP contribution in [-0.2, 0) is 10.0 Å². The SMILES string of the molecule is CCC1CCC(C)N1S(=O)(=O)CCCCN. The summed E-state index contributed by atoms with van der Waals surface area (Å²) >= 11 is 0. The zero-order valence-corrected chi connectivity index (χ0v) is 11.2. The van der Waals surface area contributed by atoms with Gasteiger partial charge in [-0.2, -0.15) is 4.31 Å². The zero-order chi connectivity index (χ0) is 12.2. The lowest BCUT2D eigenvalue weighted by Crippen LogP contribution is -2.41. The Morgan fingerprint density at radius 2 is 2.00 bits per heavy atom. The fraction of sp³-hybridized carbons (Fsp3) is 1.00. The molecule has 0 saturated carbocycles. The van der Waals surface area contributed by atoms with Crippen LogP contribution in [0, 0.1) is 0 Å². The van der Waals surface area contributed by atoms with Gasteiger partial charge < -0.3 is 5.73 Å². The Kier molecular flexibility index (Phi) is 5.21. The van der Waals surface area contributed by atoms with E-state index < -0.39 is 10.0 Å². The zero-order valence-electron chi connectivity index (χ0n) is 10.4. The number of hydrogen-bond donors (Lipinski definition) is 1. The predicted molar refractivity (Wildman–Crippen MR) is 66.7 cm³/mol. The van der Waals surface area contributed by atoms with Crippen molar-refractivity contribution in [3.05, 3.63) is 0 Å². The van der Waals surface area contributed by atoms with Crippen LogP contribution in [0.3, 0.4) is 0 Å². The summed E-state index contributed by atoms with van der Waals surface area (Å²) in [7, 11) is -3.06. The van der Waals surface area contributed by atoms with Crippen LogP contribution in [0.15, 0.2) is 0 Å². The van der Waals surface area contributed by atoms with Crippen LogP contribution < -0.4 is 5.73 Å². The van der Waals surface area contributed by atoms with E-state index in [0.29, 0.717) is 13.0 Å². The van der Waals surface area contributed by atoms with Crippen LogP contribution in [0.2, 0.25) is 0 Å². The van der Waals surface area contributed by atoms with E-state index in [0.717, 1.165) is 25.7 Å². The van der Waals surface area contributed by atoms with Gasteiger partial charge in [0.2, 0.25) is 10.0 Å². The fourth-order valence-corrected chi connectivity index (χ4v) is 4.61. The molecule has 1 aliphatic rings. The van der Waals surface area contributed by atoms with Crippen molar-refractivity contribution < 1.29 is 8.42 Å². The van der Waals surface area contributed by atoms with E-state index in [4.69, 9.17) is 5.73 Å². The molecule has 0 amide bonds. The molecule has 1 heterocycles. The van der Waals surface area contributed by atoms with Gasteiger partial charge in [0.25, 0.3) is 0 Å². The predicted octanol–water partition coefficient (Wildman–Crippen LogP) is 1.32. The van der Waals surface area contributed by atoms with Crippen molar-refractivity contribution in [2.75, 3.05) is 12.3 Å². The molecule has 2 unspecified atom stereocenters. The van der Waals surface area contributed by atoms with Gasteiger partial charge in [0.15, 0.2) is 0 Å². The smallest absolute Gasteiger partial charge is 0.214 e. The highest BCUT2D eigenvalue weighted by Gasteiger charge is 2.37. The van der Waals surface area contributed by atoms with E-state index in [9.17, 15) is 8.42 Å². The number of nitrogens with zero attached hydrogens (tertiary/aromatic N) is 1. The molecule has 2 atom stereocenters. The first-order valence-corrected chi connectivity index (χ1v) is 7.85. The number of rotatable bonds is 6. The normalized spacial score (nSPS) is 27.4. The molecule has 0 spiro atoms. The monoisotopic (exact) mass is 248 g/mol. The van der Waals surface area contributed by atoms with Gasteiger partial charge in [-0.15, -0.1) is 0 Å². The van der Waals surface area contributed by atoms with Crippen molar-refractivity contribution in [2.24, 2.45) is 5.73 Å². The van der Waals surface area contributed by atoms with E-state index in [1.54, 1.807) is 4.31 Å². The first-order chi connectivity index (χ1) is 7.53. The molecule has 1 rings (SSSR count). The topological polar surface area (TPSA) is 63.4 Å². The first kappa shape index (κ1) is 13.9. The Labute approximate surface area is 99.2 Å². The molecule has 0 aromatic carbocycles. The third-order valence-corrected chi connectivity index (χ3v) is 5.47. The van der Waals surface area contributed by atoms with Gasteiger partial charge >= 0.3 is 0 Å². The highest BCUT2D eigenvalue weighted by molar-refractivity contribution is 7.89. The van der Waals surface area contributed by atoms with E-state index in [-0.39, 0.29) is 17.8 Å². The van der Waals surface area contributed by atoms with Crippen LogP contribution in [0.25, 0.3) is 0 Å². The van der Waals surface area contributed by atoms with Crippen LogP contribution in [0.1, 0.15) is 46.0 Å². The summed E-state index contributed by atoms with van der Waals surface area (Å²) in [6, 6.07) is 0.394. The third-order valence-electron chi connectivity index (χ3n) is 3.36. The van der Waals surface area contributed by atoms with E-state index in [1.165, 1.54) is 0 Å². The number of hydrogen-bond acceptors (Lipinski definition) is 3. The summed E-state index contributed by atoms with van der Waals surface area (Å²) < 4.78 is 26.1. The second-order valence-electron chi connectivity index (χ2n) is 4.63. The summed E-state index contributed by atoms with van der Waals surface area (Å²) in [4.78, 5) is 0. The van der Waals surface area contributed by atoms with Crippen molar-refractivity contribution >= 4 is 10.0 Å². The number of sulfonamides is 1. The average Bonchev–Trinajstić information content (AvgIpc) is 2.60. The van der Waals surface area contributed by atoms with Crippen molar-refractivity contribution in [1.29, 1.82) is 0 Å². The summed E-state index contributed by atoms with van der Waals surface area (Å²) in [6.07, 6.45) is 4.39. The highest BCUT2D eigenvalue weighted by Crippen LogP contribution is 2.29. The van der Waals surface area contributed by atoms with E-state index in [2.05, 4.69) is 6.92 Å². The fourth-order valence-electron chi connectivity index (χ4n) is 2.47. The molecule has 16 heavy (non-hydrogen) atoms. The molecule has 96 valence electrons. The molecule has 1 saturated heterocycles. The van der Waals surface area contributed by atoms with Gasteiger partial charge in [0, 0.05) is 12.1 Å². The second kappa shape index (κ2) is 5.98. The number of nitrogens with two attached hydrogens (primary N) is 1. The molecular weight excluding hydrogens is 224 g/mol. The molecule has 0 aliphatic carbocycles. The Morgan fingerprint density at radius 3 is 2.56 bits per heavy atom. The summed E-state index contributed by atoms with van der Waals surface area (Å²) in [6.45, 7) is 4.64. The van der Waals surface area contributed by atoms with Crippen molar-refractivity contribution in [3.8, 4) is 0 Å². The maximum atomic E-state index is 12.2. The van der Waals surface area contributed by atoms with Gasteiger partial charge in [-0.3, -0.25) is 0 Å². The lowest BCUT2D eigenvalue weighted by atomic mass is 10.2. The standard InChI is InChI=1S/C11H24N2O2S/c1-3-11-7-6-10(2)13(11)16(14,15)9-5-4-8-12/h10-11H,3-9,12H2,1-2H3. The van der Waals surface area contributed by atoms with Gasteiger partial charge in [-0.1, -0.05) is 6.92 Å². The summed E-state index contributed by atoms with van der Waals surface area (Å²) in [5.74, 6) is 0.255. The molecule has 5 heteroatoms. The Balaban J connectivity index is 2.65. The van der Waals surface area contributed by atoms with Crippen molar-refractivity contribution in [2.45, 2.75) is 58.0 Å². The minimum absolute atomic E-state index is 0.174. The van der Waals surface area contributed by atoms with Gasteiger partial charge in [0.1, 0.15) is 0 Å². The second-order valence-corrected chi connectivity index (χ2v) is 6.62. The molecule has 1 aliphatic heterocycles. The maximum absolute atomic E-state index is 12.2. The highest BCUT2D eigenvalue weighted by atomic mass is 32.2. The largest absolute Gasteiger partial charge is 0.330 e. The van der Waals surface area contributed by atoms with Gasteiger partial charge in [0.05, 0.1) is 5.75 Å². The first-order valence-electron chi connectivity index (χ1n) is 6.24. The minimum atomic E-state index is -3.06. The van der Waals surface area contributed by atoms with Crippen LogP contribution in [0.5, 0.6) is 0 Å². The number of unbranched alkanes of at least 4 members (excludes halogenated alkanes) is 1. The molecule has 0 bridgehead atoms. The lowest BCUT2D eigenvalue weighted by Gasteiger charge is -2.26. The molecule has 0 radical (unpaired) electrons. The quantitative estimate of drug-likeness (QED) is 0.721. The van der Waals surface area contributed by atoms with Crippen LogP contribution in [0.4, 0.5) is 0 Å². The van der Waals surface area contributed by atoms with E-state index in [1.807, 2.05) is 6.92 Å². The lowest BCUT2D eigenvalue weighted by molar-refractivity contribution is 0.328. The molecule has 1 fully saturated rings. The van der Waals surface area contributed by atoms with Crippen LogP contribution in [-0.4, -0.2) is 37.1 Å². The Bertz CT molecular complexity index is 303. The van der Waals surface area contributed by atoms with Crippen molar-refractivity contribution in [3.63, 3.8) is 0 Å². The van der Waals surface area contributed by atoms with E-state index >= 15 is 0 Å². The minimum Gasteiger partial charge on any atom is -0.330 e. The van der Waals surface area contributed by atoms with Gasteiger partial charge in [-0.25, -0.2) is 8.42 Å². The summed E-state index contributed by atoms with van der Waals surface area (Å²) in [5.41, 5.74) is 5.38. The summed E-state index contributed by atoms with van der Waals surface area (Å²) in [5, 5.41) is 0. The molecule has 4 nitrogen and oxygen atoms in total. The van der Waals surface area contributed by atoms with Gasteiger partial charge in [-0.05, 0) is 45.6 Å². The maximum Gasteiger partial charge on any atom is 0.214 e. The molecule has 0 aromatic heterocycles.